The molecule has 0 fully saturated rings. The van der Waals surface area contributed by atoms with Crippen LogP contribution in [0.1, 0.15) is 84.6 Å². The number of nitrogens with zero attached hydrogens (tertiary/aromatic N) is 2. The second kappa shape index (κ2) is 12.8. The van der Waals surface area contributed by atoms with Crippen LogP contribution >= 0.6 is 0 Å². The number of aliphatic hydroxyl groups is 1. The van der Waals surface area contributed by atoms with E-state index in [1.165, 1.54) is 39.3 Å². The van der Waals surface area contributed by atoms with Crippen molar-refractivity contribution >= 4 is 16.6 Å². The summed E-state index contributed by atoms with van der Waals surface area (Å²) in [5.41, 5.74) is 8.98. The monoisotopic (exact) mass is 754 g/mol. The molecule has 1 aliphatic carbocycles. The van der Waals surface area contributed by atoms with Gasteiger partial charge in [-0.05, 0) is 36.3 Å². The minimum atomic E-state index is -0.417. The van der Waals surface area contributed by atoms with Crippen LogP contribution in [0.2, 0.25) is 0 Å². The predicted molar refractivity (Wildman–Crippen MR) is 175 cm³/mol. The van der Waals surface area contributed by atoms with E-state index in [0.717, 1.165) is 35.2 Å². The Bertz CT molecular complexity index is 1660. The maximum Gasteiger partial charge on any atom is 0.164 e. The van der Waals surface area contributed by atoms with Crippen LogP contribution in [0, 0.1) is 23.8 Å². The van der Waals surface area contributed by atoms with E-state index in [9.17, 15) is 9.90 Å². The number of aromatic nitrogens is 2. The van der Waals surface area contributed by atoms with Crippen LogP contribution in [0.25, 0.3) is 33.3 Å². The molecule has 0 bridgehead atoms. The molecule has 4 aromatic rings. The first-order valence-corrected chi connectivity index (χ1v) is 14.8. The quantitative estimate of drug-likeness (QED) is 0.126. The molecule has 5 rings (SSSR count). The summed E-state index contributed by atoms with van der Waals surface area (Å²) in [6.45, 7) is 20.1. The molecular formula is C38H45IrN2O2-. The molecule has 1 N–H and O–H groups in total. The number of carbonyl (C=O) groups is 1. The van der Waals surface area contributed by atoms with Gasteiger partial charge in [0.05, 0.1) is 5.69 Å². The van der Waals surface area contributed by atoms with Gasteiger partial charge in [0.2, 0.25) is 0 Å². The molecule has 0 saturated carbocycles. The fourth-order valence-corrected chi connectivity index (χ4v) is 5.07. The smallest absolute Gasteiger partial charge is 0.164 e. The summed E-state index contributed by atoms with van der Waals surface area (Å²) in [5.74, 6) is 0.104. The largest absolute Gasteiger partial charge is 0.512 e. The molecule has 0 unspecified atom stereocenters. The first kappa shape index (κ1) is 34.4. The molecule has 229 valence electrons. The molecule has 1 aromatic heterocycles. The summed E-state index contributed by atoms with van der Waals surface area (Å²) in [5, 5.41) is 12.0. The van der Waals surface area contributed by atoms with Gasteiger partial charge in [-0.1, -0.05) is 115 Å². The number of rotatable bonds is 2. The molecule has 0 aliphatic heterocycles. The molecule has 5 heteroatoms. The average molecular weight is 754 g/mol. The van der Waals surface area contributed by atoms with Gasteiger partial charge in [0, 0.05) is 48.3 Å². The van der Waals surface area contributed by atoms with Crippen molar-refractivity contribution in [3.05, 3.63) is 95.0 Å². The number of benzene rings is 3. The van der Waals surface area contributed by atoms with E-state index in [2.05, 4.69) is 87.3 Å². The van der Waals surface area contributed by atoms with E-state index < -0.39 is 5.41 Å². The third-order valence-electron chi connectivity index (χ3n) is 7.72. The third-order valence-corrected chi connectivity index (χ3v) is 7.72. The van der Waals surface area contributed by atoms with Gasteiger partial charge in [0.15, 0.2) is 5.78 Å². The van der Waals surface area contributed by atoms with Crippen LogP contribution in [0.15, 0.2) is 66.7 Å². The summed E-state index contributed by atoms with van der Waals surface area (Å²) in [6.07, 6.45) is 5.04. The summed E-state index contributed by atoms with van der Waals surface area (Å²) >= 11 is 0. The number of fused-ring (bicyclic) bond motifs is 4. The van der Waals surface area contributed by atoms with Crippen molar-refractivity contribution in [2.24, 2.45) is 10.8 Å². The van der Waals surface area contributed by atoms with Crippen LogP contribution in [0.3, 0.4) is 0 Å². The Balaban J connectivity index is 0.000000310. The third kappa shape index (κ3) is 7.88. The standard InChI is InChI=1S/C27H25N2.C11H20O2.Ir/c1-17-9-11-22-19(13-17)10-12-23-25(28-16-29-26(22)23)20-14-18-7-5-6-8-21(18)24(15-20)27(2,3)4;1-10(2,3)8(12)7-9(13)11(4,5)6;/h5-9,11,13,15-16H,10,12H2,1-4H3;7,12H,1-6H3;/q-1;;/b;8-7-;. The van der Waals surface area contributed by atoms with E-state index >= 15 is 0 Å². The van der Waals surface area contributed by atoms with Gasteiger partial charge in [-0.3, -0.25) is 9.78 Å². The zero-order chi connectivity index (χ0) is 31.0. The van der Waals surface area contributed by atoms with Crippen molar-refractivity contribution in [2.75, 3.05) is 0 Å². The summed E-state index contributed by atoms with van der Waals surface area (Å²) in [7, 11) is 0. The van der Waals surface area contributed by atoms with Gasteiger partial charge >= 0.3 is 0 Å². The number of ketones is 1. The van der Waals surface area contributed by atoms with Gasteiger partial charge in [-0.2, -0.15) is 0 Å². The molecule has 3 aromatic carbocycles. The van der Waals surface area contributed by atoms with E-state index in [1.807, 2.05) is 41.5 Å². The van der Waals surface area contributed by atoms with Gasteiger partial charge in [0.1, 0.15) is 12.1 Å². The van der Waals surface area contributed by atoms with Gasteiger partial charge in [-0.25, -0.2) is 4.98 Å². The Hall–Kier alpha value is -3.14. The molecule has 4 nitrogen and oxygen atoms in total. The normalized spacial score (nSPS) is 13.3. The minimum Gasteiger partial charge on any atom is -0.512 e. The average Bonchev–Trinajstić information content (AvgIpc) is 2.90. The number of hydrogen-bond acceptors (Lipinski definition) is 4. The Labute approximate surface area is 271 Å². The SMILES string of the molecule is CC(C)(C)C(=O)/C=C(\O)C(C)(C)C.Cc1ccc2c(c1)CCc1c(-c3[c-]c4ccccc4c(C(C)(C)C)c3)ncnc1-2.[Ir]. The van der Waals surface area contributed by atoms with E-state index in [0.29, 0.717) is 0 Å². The molecule has 0 spiro atoms. The maximum atomic E-state index is 11.5. The van der Waals surface area contributed by atoms with Crippen molar-refractivity contribution in [3.63, 3.8) is 0 Å². The minimum absolute atomic E-state index is 0. The van der Waals surface area contributed by atoms with Gasteiger partial charge < -0.3 is 5.11 Å². The Morgan fingerprint density at radius 3 is 2.14 bits per heavy atom. The Morgan fingerprint density at radius 1 is 0.860 bits per heavy atom. The Kier molecular flexibility index (Phi) is 10.3. The molecular weight excluding hydrogens is 709 g/mol. The van der Waals surface area contributed by atoms with Crippen molar-refractivity contribution in [1.29, 1.82) is 0 Å². The van der Waals surface area contributed by atoms with Crippen LogP contribution < -0.4 is 0 Å². The molecule has 0 saturated heterocycles. The first-order chi connectivity index (χ1) is 19.5. The summed E-state index contributed by atoms with van der Waals surface area (Å²) in [4.78, 5) is 20.9. The first-order valence-electron chi connectivity index (χ1n) is 14.8. The Morgan fingerprint density at radius 2 is 1.51 bits per heavy atom. The zero-order valence-corrected chi connectivity index (χ0v) is 29.7. The van der Waals surface area contributed by atoms with Gasteiger partial charge in [-0.15, -0.1) is 29.1 Å². The predicted octanol–water partition coefficient (Wildman–Crippen LogP) is 9.56. The number of hydrogen-bond donors (Lipinski definition) is 1. The molecule has 0 amide bonds. The van der Waals surface area contributed by atoms with Crippen molar-refractivity contribution in [1.82, 2.24) is 9.97 Å². The van der Waals surface area contributed by atoms with Crippen LogP contribution in [-0.4, -0.2) is 20.9 Å². The van der Waals surface area contributed by atoms with E-state index in [1.54, 1.807) is 6.33 Å². The molecule has 1 aliphatic rings. The fraction of sp³-hybridized carbons (Fsp3) is 0.395. The summed E-state index contributed by atoms with van der Waals surface area (Å²) in [6, 6.07) is 21.2. The second-order valence-electron chi connectivity index (χ2n) is 14.5. The number of allylic oxidation sites excluding steroid dienone is 2. The summed E-state index contributed by atoms with van der Waals surface area (Å²) < 4.78 is 0. The molecule has 43 heavy (non-hydrogen) atoms. The van der Waals surface area contributed by atoms with Crippen LogP contribution in [0.4, 0.5) is 0 Å². The van der Waals surface area contributed by atoms with Gasteiger partial charge in [0.25, 0.3) is 0 Å². The van der Waals surface area contributed by atoms with E-state index in [-0.39, 0.29) is 42.5 Å². The van der Waals surface area contributed by atoms with Crippen LogP contribution in [0.5, 0.6) is 0 Å². The van der Waals surface area contributed by atoms with Crippen molar-refractivity contribution in [3.8, 4) is 22.5 Å². The van der Waals surface area contributed by atoms with Crippen molar-refractivity contribution < 1.29 is 30.0 Å². The molecule has 1 radical (unpaired) electrons. The number of aryl methyl sites for hydroxylation is 2. The zero-order valence-electron chi connectivity index (χ0n) is 27.3. The topological polar surface area (TPSA) is 63.1 Å². The number of carbonyl (C=O) groups excluding carboxylic acids is 1. The molecule has 0 atom stereocenters. The van der Waals surface area contributed by atoms with Crippen LogP contribution in [-0.2, 0) is 43.2 Å². The van der Waals surface area contributed by atoms with E-state index in [4.69, 9.17) is 4.98 Å². The maximum absolute atomic E-state index is 11.5. The fourth-order valence-electron chi connectivity index (χ4n) is 5.07. The molecule has 1 heterocycles. The number of aliphatic hydroxyl groups excluding tert-OH is 1. The second-order valence-corrected chi connectivity index (χ2v) is 14.5. The van der Waals surface area contributed by atoms with Crippen molar-refractivity contribution in [2.45, 2.75) is 87.5 Å².